The van der Waals surface area contributed by atoms with Crippen molar-refractivity contribution in [2.45, 2.75) is 32.9 Å². The number of carbonyl (C=O) groups excluding carboxylic acids is 1. The Morgan fingerprint density at radius 1 is 1.18 bits per heavy atom. The van der Waals surface area contributed by atoms with E-state index >= 15 is 0 Å². The molecule has 4 rings (SSSR count). The van der Waals surface area contributed by atoms with E-state index in [1.54, 1.807) is 18.5 Å². The first-order valence-electron chi connectivity index (χ1n) is 10.3. The van der Waals surface area contributed by atoms with Gasteiger partial charge in [-0.1, -0.05) is 6.07 Å². The molecule has 34 heavy (non-hydrogen) atoms. The molecule has 0 spiro atoms. The average molecular weight is 485 g/mol. The van der Waals surface area contributed by atoms with Crippen LogP contribution in [0.2, 0.25) is 0 Å². The summed E-state index contributed by atoms with van der Waals surface area (Å²) in [5.41, 5.74) is 5.60. The minimum atomic E-state index is -1.41. The number of benzene rings is 1. The highest BCUT2D eigenvalue weighted by Gasteiger charge is 2.24. The van der Waals surface area contributed by atoms with Crippen LogP contribution >= 0.6 is 11.3 Å². The van der Waals surface area contributed by atoms with Crippen LogP contribution in [-0.2, 0) is 12.1 Å². The fourth-order valence-corrected chi connectivity index (χ4v) is 4.49. The maximum absolute atomic E-state index is 14.8. The highest BCUT2D eigenvalue weighted by molar-refractivity contribution is 7.20. The number of nitrogens with one attached hydrogen (secondary N) is 1. The summed E-state index contributed by atoms with van der Waals surface area (Å²) in [6.45, 7) is 5.14. The van der Waals surface area contributed by atoms with Crippen LogP contribution < -0.4 is 11.1 Å². The summed E-state index contributed by atoms with van der Waals surface area (Å²) in [6.07, 6.45) is 3.17. The van der Waals surface area contributed by atoms with Crippen molar-refractivity contribution in [1.82, 2.24) is 20.0 Å². The molecule has 0 atom stereocenters. The van der Waals surface area contributed by atoms with Gasteiger partial charge < -0.3 is 16.2 Å². The van der Waals surface area contributed by atoms with Gasteiger partial charge in [-0.3, -0.25) is 4.79 Å². The number of aryl methyl sites for hydroxylation is 1. The molecule has 0 bridgehead atoms. The molecule has 1 aromatic carbocycles. The molecule has 3 heterocycles. The smallest absolute Gasteiger partial charge is 0.251 e. The van der Waals surface area contributed by atoms with Crippen LogP contribution in [-0.4, -0.2) is 31.0 Å². The van der Waals surface area contributed by atoms with E-state index in [1.807, 2.05) is 13.0 Å². The highest BCUT2D eigenvalue weighted by Crippen LogP contribution is 2.40. The highest BCUT2D eigenvalue weighted by atomic mass is 32.1. The minimum Gasteiger partial charge on any atom is -0.386 e. The molecule has 0 aliphatic carbocycles. The Labute approximate surface area is 198 Å². The zero-order chi connectivity index (χ0) is 24.6. The molecule has 4 aromatic rings. The number of nitrogens with zero attached hydrogens (tertiary/aromatic N) is 4. The summed E-state index contributed by atoms with van der Waals surface area (Å²) < 4.78 is 29.7. The van der Waals surface area contributed by atoms with Crippen LogP contribution in [0.25, 0.3) is 10.4 Å². The lowest BCUT2D eigenvalue weighted by atomic mass is 9.96. The molecule has 8 nitrogen and oxygen atoms in total. The molecule has 0 saturated heterocycles. The number of anilines is 2. The Balaban J connectivity index is 1.67. The van der Waals surface area contributed by atoms with Crippen LogP contribution in [0.3, 0.4) is 0 Å². The van der Waals surface area contributed by atoms with Crippen LogP contribution in [0.1, 0.15) is 41.0 Å². The van der Waals surface area contributed by atoms with Crippen molar-refractivity contribution >= 4 is 28.1 Å². The number of rotatable bonds is 7. The molecule has 3 aromatic heterocycles. The van der Waals surface area contributed by atoms with Gasteiger partial charge in [-0.25, -0.2) is 13.8 Å². The molecule has 0 aliphatic rings. The second-order valence-electron chi connectivity index (χ2n) is 8.22. The lowest BCUT2D eigenvalue weighted by molar-refractivity contribution is 0.0778. The Morgan fingerprint density at radius 2 is 1.82 bits per heavy atom. The molecule has 176 valence electrons. The predicted octanol–water partition coefficient (Wildman–Crippen LogP) is 4.11. The Morgan fingerprint density at radius 3 is 2.38 bits per heavy atom. The zero-order valence-electron chi connectivity index (χ0n) is 18.6. The summed E-state index contributed by atoms with van der Waals surface area (Å²) in [6, 6.07) is 7.06. The third-order valence-electron chi connectivity index (χ3n) is 5.21. The van der Waals surface area contributed by atoms with Crippen molar-refractivity contribution in [3.8, 4) is 10.4 Å². The van der Waals surface area contributed by atoms with Gasteiger partial charge in [0.1, 0.15) is 22.5 Å². The van der Waals surface area contributed by atoms with Crippen molar-refractivity contribution in [2.75, 3.05) is 5.32 Å². The number of pyridine rings is 1. The van der Waals surface area contributed by atoms with E-state index in [0.29, 0.717) is 17.4 Å². The SMILES string of the molecule is Cc1nc(Nc2sc(-c3c(F)cc(C(C)(C)O)cc3F)cc2C(N)=O)ccc1Cn1nccn1. The second kappa shape index (κ2) is 8.92. The largest absolute Gasteiger partial charge is 0.386 e. The van der Waals surface area contributed by atoms with Crippen LogP contribution in [0, 0.1) is 18.6 Å². The number of nitrogens with two attached hydrogens (primary N) is 1. The number of aliphatic hydroxyl groups is 1. The molecule has 4 N–H and O–H groups in total. The van der Waals surface area contributed by atoms with Gasteiger partial charge in [0.2, 0.25) is 0 Å². The van der Waals surface area contributed by atoms with E-state index in [0.717, 1.165) is 34.7 Å². The van der Waals surface area contributed by atoms with Gasteiger partial charge in [-0.05, 0) is 56.2 Å². The normalized spacial score (nSPS) is 11.6. The fraction of sp³-hybridized carbons (Fsp3) is 0.217. The molecular weight excluding hydrogens is 462 g/mol. The number of hydrogen-bond donors (Lipinski definition) is 3. The first-order valence-corrected chi connectivity index (χ1v) is 11.1. The standard InChI is InChI=1S/C23H22F2N6O2S/c1-12-13(11-31-27-6-7-28-31)4-5-19(29-12)30-22-15(21(26)32)10-18(34-22)20-16(24)8-14(9-17(20)25)23(2,3)33/h4-10,33H,11H2,1-3H3,(H2,26,32)(H,29,30). The van der Waals surface area contributed by atoms with Crippen molar-refractivity contribution in [3.05, 3.63) is 76.7 Å². The number of carbonyl (C=O) groups is 1. The van der Waals surface area contributed by atoms with Crippen molar-refractivity contribution in [2.24, 2.45) is 5.73 Å². The van der Waals surface area contributed by atoms with E-state index in [-0.39, 0.29) is 21.6 Å². The van der Waals surface area contributed by atoms with E-state index in [4.69, 9.17) is 5.73 Å². The number of aromatic nitrogens is 4. The van der Waals surface area contributed by atoms with Crippen molar-refractivity contribution < 1.29 is 18.7 Å². The topological polar surface area (TPSA) is 119 Å². The molecule has 0 saturated carbocycles. The lowest BCUT2D eigenvalue weighted by Crippen LogP contribution is -2.16. The van der Waals surface area contributed by atoms with Gasteiger partial charge in [0, 0.05) is 10.6 Å². The lowest BCUT2D eigenvalue weighted by Gasteiger charge is -2.18. The Kier molecular flexibility index (Phi) is 6.15. The summed E-state index contributed by atoms with van der Waals surface area (Å²) in [7, 11) is 0. The number of primary amides is 1. The van der Waals surface area contributed by atoms with Crippen LogP contribution in [0.15, 0.2) is 42.7 Å². The second-order valence-corrected chi connectivity index (χ2v) is 9.27. The van der Waals surface area contributed by atoms with Gasteiger partial charge in [-0.15, -0.1) is 11.3 Å². The molecule has 0 unspecified atom stereocenters. The van der Waals surface area contributed by atoms with Gasteiger partial charge in [0.25, 0.3) is 5.91 Å². The van der Waals surface area contributed by atoms with Gasteiger partial charge in [-0.2, -0.15) is 15.0 Å². The minimum absolute atomic E-state index is 0.0784. The molecule has 0 fully saturated rings. The predicted molar refractivity (Wildman–Crippen MR) is 125 cm³/mol. The van der Waals surface area contributed by atoms with Gasteiger partial charge >= 0.3 is 0 Å². The van der Waals surface area contributed by atoms with E-state index in [9.17, 15) is 18.7 Å². The van der Waals surface area contributed by atoms with Crippen molar-refractivity contribution in [3.63, 3.8) is 0 Å². The number of thiophene rings is 1. The summed E-state index contributed by atoms with van der Waals surface area (Å²) in [5, 5.41) is 21.6. The first kappa shape index (κ1) is 23.5. The zero-order valence-corrected chi connectivity index (χ0v) is 19.5. The summed E-state index contributed by atoms with van der Waals surface area (Å²) in [5.74, 6) is -2.03. The van der Waals surface area contributed by atoms with E-state index in [2.05, 4.69) is 20.5 Å². The maximum atomic E-state index is 14.8. The molecule has 1 amide bonds. The summed E-state index contributed by atoms with van der Waals surface area (Å²) >= 11 is 0.973. The first-order chi connectivity index (χ1) is 16.0. The quantitative estimate of drug-likeness (QED) is 0.363. The number of hydrogen-bond acceptors (Lipinski definition) is 7. The Bertz CT molecular complexity index is 1340. The number of halogens is 2. The van der Waals surface area contributed by atoms with Crippen LogP contribution in [0.5, 0.6) is 0 Å². The van der Waals surface area contributed by atoms with Gasteiger partial charge in [0.05, 0.1) is 35.7 Å². The number of amides is 1. The molecule has 0 aliphatic heterocycles. The van der Waals surface area contributed by atoms with Crippen molar-refractivity contribution in [1.29, 1.82) is 0 Å². The van der Waals surface area contributed by atoms with E-state index < -0.39 is 23.1 Å². The maximum Gasteiger partial charge on any atom is 0.251 e. The third kappa shape index (κ3) is 4.80. The average Bonchev–Trinajstić information content (AvgIpc) is 3.39. The van der Waals surface area contributed by atoms with Gasteiger partial charge in [0.15, 0.2) is 0 Å². The molecular formula is C23H22F2N6O2S. The Hall–Kier alpha value is -3.70. The molecule has 11 heteroatoms. The summed E-state index contributed by atoms with van der Waals surface area (Å²) in [4.78, 5) is 18.2. The third-order valence-corrected chi connectivity index (χ3v) is 6.28. The van der Waals surface area contributed by atoms with Crippen LogP contribution in [0.4, 0.5) is 19.6 Å². The fourth-order valence-electron chi connectivity index (χ4n) is 3.37. The van der Waals surface area contributed by atoms with E-state index in [1.165, 1.54) is 24.7 Å². The molecule has 0 radical (unpaired) electrons. The monoisotopic (exact) mass is 484 g/mol.